The second-order valence-electron chi connectivity index (χ2n) is 5.51. The van der Waals surface area contributed by atoms with E-state index in [-0.39, 0.29) is 24.1 Å². The second-order valence-corrected chi connectivity index (χ2v) is 5.51. The summed E-state index contributed by atoms with van der Waals surface area (Å²) in [4.78, 5) is 11.9. The van der Waals surface area contributed by atoms with Gasteiger partial charge in [-0.2, -0.15) is 0 Å². The molecular formula is C14H28N2O2. The van der Waals surface area contributed by atoms with E-state index in [1.54, 1.807) is 0 Å². The van der Waals surface area contributed by atoms with Crippen LogP contribution in [-0.2, 0) is 4.79 Å². The minimum absolute atomic E-state index is 0.0434. The van der Waals surface area contributed by atoms with Gasteiger partial charge in [-0.3, -0.25) is 10.1 Å². The molecule has 0 spiro atoms. The van der Waals surface area contributed by atoms with E-state index in [1.807, 2.05) is 6.92 Å². The minimum atomic E-state index is -0.236. The molecule has 0 aliphatic heterocycles. The molecule has 1 aliphatic carbocycles. The number of rotatable bonds is 7. The number of aliphatic hydroxyl groups excluding tert-OH is 1. The standard InChI is InChI=1S/C14H28N2O2/c1-3-4-10-15-13(18)12(2)16-14(11-17)8-6-5-7-9-14/h12,16-17H,3-11H2,1-2H3,(H,15,18). The summed E-state index contributed by atoms with van der Waals surface area (Å²) in [5, 5.41) is 15.9. The maximum atomic E-state index is 11.9. The molecule has 18 heavy (non-hydrogen) atoms. The SMILES string of the molecule is CCCCNC(=O)C(C)NC1(CO)CCCCC1. The fourth-order valence-corrected chi connectivity index (χ4v) is 2.64. The number of hydrogen-bond acceptors (Lipinski definition) is 3. The van der Waals surface area contributed by atoms with Gasteiger partial charge in [-0.1, -0.05) is 32.6 Å². The summed E-state index contributed by atoms with van der Waals surface area (Å²) >= 11 is 0. The van der Waals surface area contributed by atoms with E-state index in [2.05, 4.69) is 17.6 Å². The lowest BCUT2D eigenvalue weighted by molar-refractivity contribution is -0.123. The van der Waals surface area contributed by atoms with Gasteiger partial charge in [0, 0.05) is 12.1 Å². The van der Waals surface area contributed by atoms with Crippen molar-refractivity contribution in [2.75, 3.05) is 13.2 Å². The third-order valence-corrected chi connectivity index (χ3v) is 3.86. The van der Waals surface area contributed by atoms with Gasteiger partial charge in [0.1, 0.15) is 0 Å². The Balaban J connectivity index is 2.40. The molecule has 0 aromatic carbocycles. The molecule has 0 bridgehead atoms. The molecule has 1 fully saturated rings. The van der Waals surface area contributed by atoms with Crippen molar-refractivity contribution in [2.24, 2.45) is 0 Å². The van der Waals surface area contributed by atoms with Gasteiger partial charge >= 0.3 is 0 Å². The molecule has 4 nitrogen and oxygen atoms in total. The van der Waals surface area contributed by atoms with Crippen molar-refractivity contribution in [3.8, 4) is 0 Å². The van der Waals surface area contributed by atoms with Crippen LogP contribution < -0.4 is 10.6 Å². The van der Waals surface area contributed by atoms with Crippen LogP contribution in [0.1, 0.15) is 58.8 Å². The second kappa shape index (κ2) is 7.74. The molecule has 0 radical (unpaired) electrons. The van der Waals surface area contributed by atoms with E-state index in [4.69, 9.17) is 0 Å². The van der Waals surface area contributed by atoms with Crippen molar-refractivity contribution < 1.29 is 9.90 Å². The van der Waals surface area contributed by atoms with Crippen LogP contribution in [0.2, 0.25) is 0 Å². The molecule has 1 rings (SSSR count). The van der Waals surface area contributed by atoms with Crippen LogP contribution in [-0.4, -0.2) is 35.7 Å². The Morgan fingerprint density at radius 2 is 2.00 bits per heavy atom. The maximum Gasteiger partial charge on any atom is 0.236 e. The Hall–Kier alpha value is -0.610. The van der Waals surface area contributed by atoms with Gasteiger partial charge in [-0.05, 0) is 26.2 Å². The summed E-state index contributed by atoms with van der Waals surface area (Å²) < 4.78 is 0. The average molecular weight is 256 g/mol. The molecule has 0 aromatic rings. The lowest BCUT2D eigenvalue weighted by Crippen LogP contribution is -2.57. The van der Waals surface area contributed by atoms with Gasteiger partial charge in [-0.25, -0.2) is 0 Å². The van der Waals surface area contributed by atoms with Crippen LogP contribution in [0.3, 0.4) is 0 Å². The number of unbranched alkanes of at least 4 members (excludes halogenated alkanes) is 1. The van der Waals surface area contributed by atoms with Crippen molar-refractivity contribution in [3.63, 3.8) is 0 Å². The largest absolute Gasteiger partial charge is 0.394 e. The summed E-state index contributed by atoms with van der Waals surface area (Å²) in [6.45, 7) is 4.86. The normalized spacial score (nSPS) is 20.4. The monoisotopic (exact) mass is 256 g/mol. The molecule has 4 heteroatoms. The summed E-state index contributed by atoms with van der Waals surface area (Å²) in [7, 11) is 0. The summed E-state index contributed by atoms with van der Waals surface area (Å²) in [6.07, 6.45) is 7.55. The first-order valence-corrected chi connectivity index (χ1v) is 7.30. The number of hydrogen-bond donors (Lipinski definition) is 3. The van der Waals surface area contributed by atoms with Crippen LogP contribution in [0.15, 0.2) is 0 Å². The van der Waals surface area contributed by atoms with Crippen LogP contribution in [0.25, 0.3) is 0 Å². The fourth-order valence-electron chi connectivity index (χ4n) is 2.64. The van der Waals surface area contributed by atoms with Crippen LogP contribution in [0.5, 0.6) is 0 Å². The molecule has 106 valence electrons. The van der Waals surface area contributed by atoms with Crippen molar-refractivity contribution in [1.29, 1.82) is 0 Å². The highest BCUT2D eigenvalue weighted by molar-refractivity contribution is 5.81. The fraction of sp³-hybridized carbons (Fsp3) is 0.929. The summed E-state index contributed by atoms with van der Waals surface area (Å²) in [5.74, 6) is 0.0434. The number of nitrogens with one attached hydrogen (secondary N) is 2. The molecule has 3 N–H and O–H groups in total. The molecule has 0 saturated heterocycles. The van der Waals surface area contributed by atoms with Crippen molar-refractivity contribution in [3.05, 3.63) is 0 Å². The molecule has 1 unspecified atom stereocenters. The third kappa shape index (κ3) is 4.58. The molecular weight excluding hydrogens is 228 g/mol. The van der Waals surface area contributed by atoms with E-state index in [0.29, 0.717) is 0 Å². The Morgan fingerprint density at radius 3 is 2.56 bits per heavy atom. The Labute approximate surface area is 111 Å². The highest BCUT2D eigenvalue weighted by Crippen LogP contribution is 2.28. The van der Waals surface area contributed by atoms with Gasteiger partial charge in [-0.15, -0.1) is 0 Å². The lowest BCUT2D eigenvalue weighted by atomic mass is 9.82. The third-order valence-electron chi connectivity index (χ3n) is 3.86. The maximum absolute atomic E-state index is 11.9. The number of carbonyl (C=O) groups is 1. The van der Waals surface area contributed by atoms with Crippen molar-refractivity contribution in [1.82, 2.24) is 10.6 Å². The zero-order valence-electron chi connectivity index (χ0n) is 11.8. The first-order valence-electron chi connectivity index (χ1n) is 7.30. The van der Waals surface area contributed by atoms with E-state index < -0.39 is 0 Å². The zero-order chi connectivity index (χ0) is 13.4. The highest BCUT2D eigenvalue weighted by atomic mass is 16.3. The molecule has 0 heterocycles. The molecule has 1 atom stereocenters. The van der Waals surface area contributed by atoms with Crippen molar-refractivity contribution >= 4 is 5.91 Å². The predicted molar refractivity (Wildman–Crippen MR) is 73.4 cm³/mol. The quantitative estimate of drug-likeness (QED) is 0.606. The molecule has 0 aromatic heterocycles. The number of aliphatic hydroxyl groups is 1. The van der Waals surface area contributed by atoms with Crippen LogP contribution in [0, 0.1) is 0 Å². The Kier molecular flexibility index (Phi) is 6.65. The summed E-state index contributed by atoms with van der Waals surface area (Å²) in [5.41, 5.74) is -0.236. The van der Waals surface area contributed by atoms with Gasteiger partial charge < -0.3 is 10.4 Å². The van der Waals surface area contributed by atoms with Gasteiger partial charge in [0.05, 0.1) is 12.6 Å². The van der Waals surface area contributed by atoms with Gasteiger partial charge in [0.15, 0.2) is 0 Å². The number of amides is 1. The van der Waals surface area contributed by atoms with Gasteiger partial charge in [0.25, 0.3) is 0 Å². The summed E-state index contributed by atoms with van der Waals surface area (Å²) in [6, 6.07) is -0.230. The Morgan fingerprint density at radius 1 is 1.33 bits per heavy atom. The van der Waals surface area contributed by atoms with Crippen LogP contribution >= 0.6 is 0 Å². The first kappa shape index (κ1) is 15.4. The van der Waals surface area contributed by atoms with E-state index in [0.717, 1.165) is 45.1 Å². The molecule has 1 saturated carbocycles. The van der Waals surface area contributed by atoms with Crippen molar-refractivity contribution in [2.45, 2.75) is 70.4 Å². The Bertz CT molecular complexity index is 250. The zero-order valence-corrected chi connectivity index (χ0v) is 11.8. The predicted octanol–water partition coefficient (Wildman–Crippen LogP) is 1.58. The highest BCUT2D eigenvalue weighted by Gasteiger charge is 2.33. The topological polar surface area (TPSA) is 61.4 Å². The molecule has 1 amide bonds. The van der Waals surface area contributed by atoms with E-state index >= 15 is 0 Å². The minimum Gasteiger partial charge on any atom is -0.394 e. The average Bonchev–Trinajstić information content (AvgIpc) is 2.40. The van der Waals surface area contributed by atoms with E-state index in [9.17, 15) is 9.90 Å². The lowest BCUT2D eigenvalue weighted by Gasteiger charge is -2.38. The van der Waals surface area contributed by atoms with Crippen LogP contribution in [0.4, 0.5) is 0 Å². The first-order chi connectivity index (χ1) is 8.63. The smallest absolute Gasteiger partial charge is 0.236 e. The number of carbonyl (C=O) groups excluding carboxylic acids is 1. The van der Waals surface area contributed by atoms with Gasteiger partial charge in [0.2, 0.25) is 5.91 Å². The van der Waals surface area contributed by atoms with E-state index in [1.165, 1.54) is 6.42 Å². The molecule has 1 aliphatic rings.